The average molecular weight is 845 g/mol. The van der Waals surface area contributed by atoms with Crippen LogP contribution in [-0.2, 0) is 27.4 Å². The molecule has 0 aromatic carbocycles. The minimum atomic E-state index is -3.19. The minimum Gasteiger partial charge on any atom is -0.396 e. The van der Waals surface area contributed by atoms with Crippen molar-refractivity contribution in [3.8, 4) is 0 Å². The average Bonchev–Trinajstić information content (AvgIpc) is 3.76. The van der Waals surface area contributed by atoms with E-state index in [1.807, 2.05) is 24.5 Å². The van der Waals surface area contributed by atoms with Crippen molar-refractivity contribution in [3.05, 3.63) is 65.2 Å². The number of aliphatic hydroxyl groups is 2. The first-order valence-electron chi connectivity index (χ1n) is 21.9. The maximum absolute atomic E-state index is 9.40. The van der Waals surface area contributed by atoms with E-state index < -0.39 is 9.05 Å². The molecule has 4 aliphatic rings. The van der Waals surface area contributed by atoms with Gasteiger partial charge in [-0.2, -0.15) is 0 Å². The molecule has 0 aliphatic heterocycles. The topological polar surface area (TPSA) is 105 Å². The van der Waals surface area contributed by atoms with Crippen molar-refractivity contribution in [1.82, 2.24) is 14.5 Å². The number of aromatic nitrogens is 3. The van der Waals surface area contributed by atoms with Crippen molar-refractivity contribution < 1.29 is 18.6 Å². The minimum absolute atomic E-state index is 0. The SMILES string of the molecule is C.CC(C)(C)C1=Cc2cccnc2C1.CC1CCC(CO)CC1.CC1CCC(CO)CC1.CC1CCC(Cn2c(C(C)(C)C)cc3cccnc32)CC1.CS(=O)(=O)Cl. The molecular formula is C49H82ClN3O4S. The fraction of sp³-hybridized carbons (Fsp3) is 0.714. The molecule has 0 amide bonds. The number of aliphatic hydroxyl groups excluding tert-OH is 2. The summed E-state index contributed by atoms with van der Waals surface area (Å²) in [7, 11) is 1.31. The van der Waals surface area contributed by atoms with E-state index in [0.717, 1.165) is 42.9 Å². The third-order valence-electron chi connectivity index (χ3n) is 12.4. The fourth-order valence-electron chi connectivity index (χ4n) is 8.32. The number of rotatable bonds is 4. The molecule has 3 heterocycles. The summed E-state index contributed by atoms with van der Waals surface area (Å²) in [6.45, 7) is 22.6. The lowest BCUT2D eigenvalue weighted by Crippen LogP contribution is -2.23. The largest absolute Gasteiger partial charge is 0.396 e. The maximum Gasteiger partial charge on any atom is 0.229 e. The second-order valence-corrected chi connectivity index (χ2v) is 22.9. The molecule has 2 N–H and O–H groups in total. The molecule has 9 heteroatoms. The lowest BCUT2D eigenvalue weighted by atomic mass is 9.82. The molecule has 7 rings (SSSR count). The van der Waals surface area contributed by atoms with Gasteiger partial charge in [0, 0.05) is 65.8 Å². The molecule has 3 fully saturated rings. The molecule has 0 bridgehead atoms. The van der Waals surface area contributed by atoms with Crippen molar-refractivity contribution >= 4 is 36.8 Å². The molecule has 0 atom stereocenters. The van der Waals surface area contributed by atoms with Crippen LogP contribution in [-0.4, -0.2) is 52.6 Å². The third-order valence-corrected chi connectivity index (χ3v) is 12.4. The van der Waals surface area contributed by atoms with Gasteiger partial charge in [-0.3, -0.25) is 4.98 Å². The second-order valence-electron chi connectivity index (χ2n) is 19.9. The van der Waals surface area contributed by atoms with Gasteiger partial charge in [-0.05, 0) is 109 Å². The van der Waals surface area contributed by atoms with E-state index in [1.54, 1.807) is 0 Å². The summed E-state index contributed by atoms with van der Waals surface area (Å²) in [6.07, 6.45) is 23.8. The summed E-state index contributed by atoms with van der Waals surface area (Å²) >= 11 is 0. The predicted molar refractivity (Wildman–Crippen MR) is 249 cm³/mol. The highest BCUT2D eigenvalue weighted by Crippen LogP contribution is 2.36. The Labute approximate surface area is 359 Å². The van der Waals surface area contributed by atoms with Gasteiger partial charge < -0.3 is 14.8 Å². The van der Waals surface area contributed by atoms with E-state index in [-0.39, 0.29) is 18.3 Å². The summed E-state index contributed by atoms with van der Waals surface area (Å²) in [5.74, 6) is 4.81. The zero-order valence-corrected chi connectivity index (χ0v) is 38.8. The number of allylic oxidation sites excluding steroid dienone is 1. The maximum atomic E-state index is 9.40. The van der Waals surface area contributed by atoms with Gasteiger partial charge in [0.2, 0.25) is 9.05 Å². The van der Waals surface area contributed by atoms with Gasteiger partial charge in [0.05, 0.1) is 11.9 Å². The van der Waals surface area contributed by atoms with Gasteiger partial charge in [0.25, 0.3) is 0 Å². The van der Waals surface area contributed by atoms with Crippen LogP contribution in [0, 0.1) is 40.9 Å². The van der Waals surface area contributed by atoms with Crippen LogP contribution in [0.25, 0.3) is 17.1 Å². The summed E-state index contributed by atoms with van der Waals surface area (Å²) in [5.41, 5.74) is 7.06. The normalized spacial score (nSPS) is 24.4. The van der Waals surface area contributed by atoms with Crippen molar-refractivity contribution in [2.24, 2.45) is 40.9 Å². The lowest BCUT2D eigenvalue weighted by molar-refractivity contribution is 0.172. The van der Waals surface area contributed by atoms with Crippen molar-refractivity contribution in [2.45, 2.75) is 165 Å². The van der Waals surface area contributed by atoms with E-state index in [9.17, 15) is 8.42 Å². The number of hydrogen-bond donors (Lipinski definition) is 2. The summed E-state index contributed by atoms with van der Waals surface area (Å²) in [6, 6.07) is 10.7. The van der Waals surface area contributed by atoms with Crippen LogP contribution in [0.2, 0.25) is 0 Å². The van der Waals surface area contributed by atoms with Crippen LogP contribution in [0.3, 0.4) is 0 Å². The first-order chi connectivity index (χ1) is 26.7. The standard InChI is InChI=1S/C19H28N2.C12H15N.2C8H16O.CH3ClO2S.CH4/c1-14-7-9-15(10-8-14)13-21-17(19(2,3)4)12-16-6-5-11-20-18(16)21;1-12(2,3)10-7-9-5-4-6-13-11(9)8-10;2*1-7-2-4-8(6-9)5-3-7;1-5(2,3)4;/h5-6,11-12,14-15H,7-10,13H2,1-4H3;4-7H,8H2,1-3H3;2*7-9H,2-6H2,1H3;1H3;1H4. The van der Waals surface area contributed by atoms with Gasteiger partial charge >= 0.3 is 0 Å². The molecule has 7 nitrogen and oxygen atoms in total. The number of pyridine rings is 2. The zero-order valence-electron chi connectivity index (χ0n) is 37.2. The molecule has 0 spiro atoms. The number of fused-ring (bicyclic) bond motifs is 2. The molecule has 4 aliphatic carbocycles. The van der Waals surface area contributed by atoms with Gasteiger partial charge in [-0.15, -0.1) is 0 Å². The quantitative estimate of drug-likeness (QED) is 0.253. The van der Waals surface area contributed by atoms with Crippen LogP contribution < -0.4 is 0 Å². The molecule has 0 radical (unpaired) electrons. The smallest absolute Gasteiger partial charge is 0.229 e. The highest BCUT2D eigenvalue weighted by molar-refractivity contribution is 8.13. The molecule has 3 aromatic heterocycles. The molecule has 0 unspecified atom stereocenters. The molecule has 58 heavy (non-hydrogen) atoms. The van der Waals surface area contributed by atoms with Gasteiger partial charge in [0.1, 0.15) is 5.65 Å². The van der Waals surface area contributed by atoms with Crippen LogP contribution in [0.15, 0.2) is 48.3 Å². The third kappa shape index (κ3) is 18.6. The van der Waals surface area contributed by atoms with Crippen LogP contribution >= 0.6 is 10.7 Å². The van der Waals surface area contributed by atoms with E-state index in [0.29, 0.717) is 25.0 Å². The van der Waals surface area contributed by atoms with Crippen molar-refractivity contribution in [1.29, 1.82) is 0 Å². The number of nitrogens with zero attached hydrogens (tertiary/aromatic N) is 3. The van der Waals surface area contributed by atoms with Crippen molar-refractivity contribution in [2.75, 3.05) is 19.5 Å². The molecular weight excluding hydrogens is 762 g/mol. The van der Waals surface area contributed by atoms with Gasteiger partial charge in [0.15, 0.2) is 0 Å². The Balaban J connectivity index is 0.000000271. The molecule has 3 aromatic rings. The fourth-order valence-corrected chi connectivity index (χ4v) is 8.32. The van der Waals surface area contributed by atoms with E-state index in [1.165, 1.54) is 111 Å². The van der Waals surface area contributed by atoms with E-state index in [2.05, 4.69) is 112 Å². The van der Waals surface area contributed by atoms with Gasteiger partial charge in [-0.1, -0.05) is 126 Å². The van der Waals surface area contributed by atoms with Gasteiger partial charge in [-0.25, -0.2) is 13.4 Å². The number of halogens is 1. The summed E-state index contributed by atoms with van der Waals surface area (Å²) in [5, 5.41) is 18.8. The second kappa shape index (κ2) is 24.3. The Hall–Kier alpha value is -2.26. The summed E-state index contributed by atoms with van der Waals surface area (Å²) in [4.78, 5) is 9.03. The highest BCUT2D eigenvalue weighted by atomic mass is 35.7. The van der Waals surface area contributed by atoms with Crippen LogP contribution in [0.1, 0.15) is 164 Å². The highest BCUT2D eigenvalue weighted by Gasteiger charge is 2.26. The number of hydrogen-bond acceptors (Lipinski definition) is 6. The van der Waals surface area contributed by atoms with E-state index >= 15 is 0 Å². The van der Waals surface area contributed by atoms with E-state index in [4.69, 9.17) is 10.2 Å². The summed E-state index contributed by atoms with van der Waals surface area (Å²) < 4.78 is 21.3. The van der Waals surface area contributed by atoms with Crippen LogP contribution in [0.5, 0.6) is 0 Å². The monoisotopic (exact) mass is 844 g/mol. The molecule has 3 saturated carbocycles. The first-order valence-corrected chi connectivity index (χ1v) is 24.6. The molecule has 330 valence electrons. The predicted octanol–water partition coefficient (Wildman–Crippen LogP) is 12.7. The van der Waals surface area contributed by atoms with Crippen LogP contribution in [0.4, 0.5) is 0 Å². The Bertz CT molecular complexity index is 1720. The lowest BCUT2D eigenvalue weighted by Gasteiger charge is -2.29. The first kappa shape index (κ1) is 51.9. The molecule has 0 saturated heterocycles. The Morgan fingerprint density at radius 2 is 1.14 bits per heavy atom. The Morgan fingerprint density at radius 3 is 1.55 bits per heavy atom. The zero-order chi connectivity index (χ0) is 42.4. The van der Waals surface area contributed by atoms with Crippen molar-refractivity contribution in [3.63, 3.8) is 0 Å². The Kier molecular flexibility index (Phi) is 21.7. The Morgan fingerprint density at radius 1 is 0.707 bits per heavy atom.